The summed E-state index contributed by atoms with van der Waals surface area (Å²) in [6.07, 6.45) is 1.20. The van der Waals surface area contributed by atoms with Gasteiger partial charge in [0.05, 0.1) is 6.54 Å². The van der Waals surface area contributed by atoms with Crippen molar-refractivity contribution in [2.75, 3.05) is 26.2 Å². The van der Waals surface area contributed by atoms with E-state index in [0.717, 1.165) is 25.6 Å². The van der Waals surface area contributed by atoms with E-state index in [2.05, 4.69) is 30.8 Å². The summed E-state index contributed by atoms with van der Waals surface area (Å²) in [5.41, 5.74) is 0. The molecule has 72 valence electrons. The summed E-state index contributed by atoms with van der Waals surface area (Å²) in [5, 5.41) is 2.86. The van der Waals surface area contributed by atoms with Crippen molar-refractivity contribution >= 4 is 0 Å². The van der Waals surface area contributed by atoms with Crippen LogP contribution in [0.4, 0.5) is 0 Å². The Morgan fingerprint density at radius 2 is 2.00 bits per heavy atom. The predicted octanol–water partition coefficient (Wildman–Crippen LogP) is 2.12. The quantitative estimate of drug-likeness (QED) is 0.551. The van der Waals surface area contributed by atoms with E-state index >= 15 is 0 Å². The monoisotopic (exact) mass is 172 g/mol. The SMILES string of the molecule is CCN(CCN=O)CCC(C)C. The first-order chi connectivity index (χ1) is 5.70. The molecule has 0 rings (SSSR count). The van der Waals surface area contributed by atoms with Crippen LogP contribution in [0.5, 0.6) is 0 Å². The number of nitrogens with zero attached hydrogens (tertiary/aromatic N) is 2. The lowest BCUT2D eigenvalue weighted by atomic mass is 10.1. The molecule has 0 aliphatic carbocycles. The average Bonchev–Trinajstić information content (AvgIpc) is 2.05. The number of likely N-dealkylation sites (N-methyl/N-ethyl adjacent to an activating group) is 1. The molecule has 0 N–H and O–H groups in total. The molecule has 0 unspecified atom stereocenters. The fourth-order valence-electron chi connectivity index (χ4n) is 1.05. The molecule has 0 saturated carbocycles. The molecular formula is C9H20N2O. The van der Waals surface area contributed by atoms with Crippen molar-refractivity contribution in [1.82, 2.24) is 4.90 Å². The van der Waals surface area contributed by atoms with Gasteiger partial charge >= 0.3 is 0 Å². The zero-order valence-electron chi connectivity index (χ0n) is 8.42. The van der Waals surface area contributed by atoms with E-state index in [4.69, 9.17) is 0 Å². The first-order valence-corrected chi connectivity index (χ1v) is 4.72. The van der Waals surface area contributed by atoms with Gasteiger partial charge in [0.25, 0.3) is 0 Å². The first kappa shape index (κ1) is 11.6. The highest BCUT2D eigenvalue weighted by Gasteiger charge is 2.02. The predicted molar refractivity (Wildman–Crippen MR) is 52.2 cm³/mol. The average molecular weight is 172 g/mol. The Kier molecular flexibility index (Phi) is 6.96. The van der Waals surface area contributed by atoms with Crippen molar-refractivity contribution in [2.24, 2.45) is 11.1 Å². The van der Waals surface area contributed by atoms with E-state index in [0.29, 0.717) is 6.54 Å². The lowest BCUT2D eigenvalue weighted by Gasteiger charge is -2.19. The Bertz CT molecular complexity index is 115. The van der Waals surface area contributed by atoms with Gasteiger partial charge in [-0.2, -0.15) is 4.91 Å². The third-order valence-electron chi connectivity index (χ3n) is 1.98. The van der Waals surface area contributed by atoms with Gasteiger partial charge in [0.15, 0.2) is 0 Å². The van der Waals surface area contributed by atoms with Crippen LogP contribution in [0.3, 0.4) is 0 Å². The van der Waals surface area contributed by atoms with E-state index in [1.807, 2.05) is 0 Å². The van der Waals surface area contributed by atoms with Crippen LogP contribution in [0, 0.1) is 10.8 Å². The maximum absolute atomic E-state index is 9.89. The van der Waals surface area contributed by atoms with Gasteiger partial charge in [-0.1, -0.05) is 25.9 Å². The van der Waals surface area contributed by atoms with E-state index < -0.39 is 0 Å². The van der Waals surface area contributed by atoms with Gasteiger partial charge in [-0.3, -0.25) is 0 Å². The summed E-state index contributed by atoms with van der Waals surface area (Å²) < 4.78 is 0. The molecule has 0 aromatic carbocycles. The van der Waals surface area contributed by atoms with Gasteiger partial charge in [-0.05, 0) is 25.4 Å². The molecule has 0 aromatic rings. The zero-order chi connectivity index (χ0) is 9.40. The lowest BCUT2D eigenvalue weighted by molar-refractivity contribution is 0.277. The summed E-state index contributed by atoms with van der Waals surface area (Å²) in [7, 11) is 0. The van der Waals surface area contributed by atoms with Crippen molar-refractivity contribution in [1.29, 1.82) is 0 Å². The molecule has 0 saturated heterocycles. The third-order valence-corrected chi connectivity index (χ3v) is 1.98. The fraction of sp³-hybridized carbons (Fsp3) is 1.00. The molecule has 0 atom stereocenters. The molecule has 0 amide bonds. The minimum atomic E-state index is 0.423. The number of hydrogen-bond donors (Lipinski definition) is 0. The van der Waals surface area contributed by atoms with Gasteiger partial charge in [-0.15, -0.1) is 0 Å². The molecule has 12 heavy (non-hydrogen) atoms. The molecule has 0 bridgehead atoms. The number of nitroso groups, excluding NO2 is 1. The van der Waals surface area contributed by atoms with E-state index in [-0.39, 0.29) is 0 Å². The van der Waals surface area contributed by atoms with Crippen molar-refractivity contribution in [3.05, 3.63) is 4.91 Å². The maximum Gasteiger partial charge on any atom is 0.0938 e. The largest absolute Gasteiger partial charge is 0.302 e. The molecule has 0 fully saturated rings. The Balaban J connectivity index is 3.45. The second-order valence-electron chi connectivity index (χ2n) is 3.47. The smallest absolute Gasteiger partial charge is 0.0938 e. The van der Waals surface area contributed by atoms with E-state index in [1.54, 1.807) is 0 Å². The van der Waals surface area contributed by atoms with Gasteiger partial charge < -0.3 is 4.90 Å². The van der Waals surface area contributed by atoms with E-state index in [1.165, 1.54) is 6.42 Å². The highest BCUT2D eigenvalue weighted by molar-refractivity contribution is 4.58. The lowest BCUT2D eigenvalue weighted by Crippen LogP contribution is -2.28. The van der Waals surface area contributed by atoms with Crippen LogP contribution in [0.1, 0.15) is 27.2 Å². The van der Waals surface area contributed by atoms with Crippen molar-refractivity contribution in [2.45, 2.75) is 27.2 Å². The van der Waals surface area contributed by atoms with Crippen molar-refractivity contribution < 1.29 is 0 Å². The minimum Gasteiger partial charge on any atom is -0.302 e. The summed E-state index contributed by atoms with van der Waals surface area (Å²) in [5.74, 6) is 0.739. The zero-order valence-corrected chi connectivity index (χ0v) is 8.42. The Labute approximate surface area is 75.1 Å². The summed E-state index contributed by atoms with van der Waals surface area (Å²) in [6.45, 7) is 9.88. The molecule has 0 spiro atoms. The van der Waals surface area contributed by atoms with Crippen LogP contribution >= 0.6 is 0 Å². The van der Waals surface area contributed by atoms with Gasteiger partial charge in [0.2, 0.25) is 0 Å². The Morgan fingerprint density at radius 3 is 2.42 bits per heavy atom. The standard InChI is InChI=1S/C9H20N2O/c1-4-11(8-6-10-12)7-5-9(2)3/h9H,4-8H2,1-3H3. The molecule has 0 aliphatic heterocycles. The number of hydrogen-bond acceptors (Lipinski definition) is 3. The Morgan fingerprint density at radius 1 is 1.33 bits per heavy atom. The summed E-state index contributed by atoms with van der Waals surface area (Å²) >= 11 is 0. The van der Waals surface area contributed by atoms with Crippen LogP contribution < -0.4 is 0 Å². The maximum atomic E-state index is 9.89. The van der Waals surface area contributed by atoms with Crippen molar-refractivity contribution in [3.63, 3.8) is 0 Å². The summed E-state index contributed by atoms with van der Waals surface area (Å²) in [6, 6.07) is 0. The van der Waals surface area contributed by atoms with Crippen molar-refractivity contribution in [3.8, 4) is 0 Å². The minimum absolute atomic E-state index is 0.423. The highest BCUT2D eigenvalue weighted by atomic mass is 16.3. The normalized spacial score (nSPS) is 11.1. The summed E-state index contributed by atoms with van der Waals surface area (Å²) in [4.78, 5) is 12.2. The second kappa shape index (κ2) is 7.22. The van der Waals surface area contributed by atoms with Gasteiger partial charge in [-0.25, -0.2) is 0 Å². The highest BCUT2D eigenvalue weighted by Crippen LogP contribution is 2.01. The molecule has 3 nitrogen and oxygen atoms in total. The molecule has 0 heterocycles. The second-order valence-corrected chi connectivity index (χ2v) is 3.47. The molecular weight excluding hydrogens is 152 g/mol. The Hall–Kier alpha value is -0.440. The fourth-order valence-corrected chi connectivity index (χ4v) is 1.05. The first-order valence-electron chi connectivity index (χ1n) is 4.72. The van der Waals surface area contributed by atoms with Crippen LogP contribution in [-0.4, -0.2) is 31.1 Å². The van der Waals surface area contributed by atoms with Crippen LogP contribution in [0.2, 0.25) is 0 Å². The molecule has 0 aliphatic rings. The third kappa shape index (κ3) is 6.28. The van der Waals surface area contributed by atoms with E-state index in [9.17, 15) is 4.91 Å². The number of rotatable bonds is 7. The topological polar surface area (TPSA) is 32.7 Å². The van der Waals surface area contributed by atoms with Gasteiger partial charge in [0, 0.05) is 6.54 Å². The van der Waals surface area contributed by atoms with Crippen LogP contribution in [-0.2, 0) is 0 Å². The van der Waals surface area contributed by atoms with Gasteiger partial charge in [0.1, 0.15) is 0 Å². The van der Waals surface area contributed by atoms with Crippen LogP contribution in [0.15, 0.2) is 5.18 Å². The molecule has 0 radical (unpaired) electrons. The van der Waals surface area contributed by atoms with Crippen LogP contribution in [0.25, 0.3) is 0 Å². The molecule has 0 aromatic heterocycles. The molecule has 3 heteroatoms.